The van der Waals surface area contributed by atoms with Crippen LogP contribution in [0.15, 0.2) is 66.0 Å². The molecule has 3 rings (SSSR count). The molecule has 27 heavy (non-hydrogen) atoms. The van der Waals surface area contributed by atoms with Crippen LogP contribution >= 0.6 is 11.3 Å². The molecule has 6 heteroatoms. The summed E-state index contributed by atoms with van der Waals surface area (Å²) in [4.78, 5) is 12.6. The molecule has 3 aromatic rings. The molecule has 0 unspecified atom stereocenters. The van der Waals surface area contributed by atoms with Crippen molar-refractivity contribution in [3.63, 3.8) is 0 Å². The molecule has 0 spiro atoms. The third kappa shape index (κ3) is 5.43. The Morgan fingerprint density at radius 3 is 2.48 bits per heavy atom. The van der Waals surface area contributed by atoms with Crippen LogP contribution < -0.4 is 15.8 Å². The van der Waals surface area contributed by atoms with Crippen LogP contribution in [-0.4, -0.2) is 18.3 Å². The lowest BCUT2D eigenvalue weighted by atomic mass is 10.1. The zero-order chi connectivity index (χ0) is 19.1. The number of anilines is 1. The number of nitrogens with two attached hydrogens (primary N) is 1. The van der Waals surface area contributed by atoms with E-state index in [9.17, 15) is 4.79 Å². The van der Waals surface area contributed by atoms with E-state index in [1.165, 1.54) is 11.3 Å². The fourth-order valence-corrected chi connectivity index (χ4v) is 3.32. The lowest BCUT2D eigenvalue weighted by Crippen LogP contribution is -2.12. The molecule has 1 heterocycles. The van der Waals surface area contributed by atoms with Gasteiger partial charge in [0.2, 0.25) is 5.91 Å². The van der Waals surface area contributed by atoms with Crippen LogP contribution in [0.4, 0.5) is 5.69 Å². The molecule has 1 aromatic heterocycles. The number of amides is 1. The van der Waals surface area contributed by atoms with Gasteiger partial charge in [-0.3, -0.25) is 10.2 Å². The SMILES string of the molecule is N=C(N)c1cc(-c2ccc(OCCCC(=O)Nc3ccccc3)cc2)cs1. The van der Waals surface area contributed by atoms with Crippen molar-refractivity contribution in [3.8, 4) is 16.9 Å². The van der Waals surface area contributed by atoms with Gasteiger partial charge in [0, 0.05) is 12.1 Å². The molecule has 138 valence electrons. The Morgan fingerprint density at radius 2 is 1.81 bits per heavy atom. The molecule has 2 aromatic carbocycles. The fourth-order valence-electron chi connectivity index (χ4n) is 2.54. The first kappa shape index (κ1) is 18.7. The third-order valence-electron chi connectivity index (χ3n) is 3.93. The van der Waals surface area contributed by atoms with Crippen molar-refractivity contribution in [2.24, 2.45) is 5.73 Å². The zero-order valence-electron chi connectivity index (χ0n) is 14.8. The average Bonchev–Trinajstić information content (AvgIpc) is 3.17. The number of nitrogens with one attached hydrogen (secondary N) is 2. The predicted octanol–water partition coefficient (Wildman–Crippen LogP) is 4.50. The molecular formula is C21H21N3O2S. The molecule has 0 aliphatic heterocycles. The van der Waals surface area contributed by atoms with Crippen molar-refractivity contribution >= 4 is 28.8 Å². The second-order valence-corrected chi connectivity index (χ2v) is 6.92. The standard InChI is InChI=1S/C21H21N3O2S/c22-21(23)19-13-16(14-27-19)15-8-10-18(11-9-15)26-12-4-7-20(25)24-17-5-2-1-3-6-17/h1-3,5-6,8-11,13-14H,4,7,12H2,(H3,22,23)(H,24,25). The minimum absolute atomic E-state index is 0.0149. The first-order valence-corrected chi connectivity index (χ1v) is 9.51. The molecule has 4 N–H and O–H groups in total. The van der Waals surface area contributed by atoms with Crippen LogP contribution in [0.2, 0.25) is 0 Å². The molecule has 0 radical (unpaired) electrons. The topological polar surface area (TPSA) is 88.2 Å². The van der Waals surface area contributed by atoms with E-state index in [0.29, 0.717) is 19.4 Å². The Kier molecular flexibility index (Phi) is 6.22. The second kappa shape index (κ2) is 9.00. The summed E-state index contributed by atoms with van der Waals surface area (Å²) in [6.45, 7) is 0.481. The summed E-state index contributed by atoms with van der Waals surface area (Å²) in [7, 11) is 0. The quantitative estimate of drug-likeness (QED) is 0.306. The van der Waals surface area contributed by atoms with Crippen molar-refractivity contribution < 1.29 is 9.53 Å². The molecule has 5 nitrogen and oxygen atoms in total. The third-order valence-corrected chi connectivity index (χ3v) is 4.89. The van der Waals surface area contributed by atoms with E-state index in [4.69, 9.17) is 15.9 Å². The van der Waals surface area contributed by atoms with E-state index < -0.39 is 0 Å². The van der Waals surface area contributed by atoms with Crippen molar-refractivity contribution in [1.29, 1.82) is 5.41 Å². The van der Waals surface area contributed by atoms with Gasteiger partial charge in [0.1, 0.15) is 11.6 Å². The molecule has 1 amide bonds. The van der Waals surface area contributed by atoms with E-state index in [-0.39, 0.29) is 11.7 Å². The summed E-state index contributed by atoms with van der Waals surface area (Å²) < 4.78 is 5.71. The van der Waals surface area contributed by atoms with Gasteiger partial charge in [-0.05, 0) is 53.3 Å². The summed E-state index contributed by atoms with van der Waals surface area (Å²) >= 11 is 1.46. The highest BCUT2D eigenvalue weighted by Gasteiger charge is 2.06. The number of benzene rings is 2. The maximum atomic E-state index is 11.9. The van der Waals surface area contributed by atoms with Crippen molar-refractivity contribution in [2.75, 3.05) is 11.9 Å². The van der Waals surface area contributed by atoms with Gasteiger partial charge in [0.05, 0.1) is 11.5 Å². The van der Waals surface area contributed by atoms with Gasteiger partial charge in [-0.2, -0.15) is 0 Å². The Balaban J connectivity index is 1.43. The van der Waals surface area contributed by atoms with E-state index in [1.807, 2.05) is 66.0 Å². The van der Waals surface area contributed by atoms with Crippen LogP contribution in [0.1, 0.15) is 17.7 Å². The first-order chi connectivity index (χ1) is 13.1. The van der Waals surface area contributed by atoms with Gasteiger partial charge < -0.3 is 15.8 Å². The molecule has 0 aliphatic rings. The zero-order valence-corrected chi connectivity index (χ0v) is 15.6. The van der Waals surface area contributed by atoms with Gasteiger partial charge in [0.15, 0.2) is 0 Å². The monoisotopic (exact) mass is 379 g/mol. The maximum Gasteiger partial charge on any atom is 0.224 e. The largest absolute Gasteiger partial charge is 0.494 e. The summed E-state index contributed by atoms with van der Waals surface area (Å²) in [5, 5.41) is 12.3. The normalized spacial score (nSPS) is 10.4. The minimum atomic E-state index is -0.0149. The number of thiophene rings is 1. The summed E-state index contributed by atoms with van der Waals surface area (Å²) in [5.74, 6) is 0.839. The smallest absolute Gasteiger partial charge is 0.224 e. The van der Waals surface area contributed by atoms with Crippen LogP contribution in [0.25, 0.3) is 11.1 Å². The summed E-state index contributed by atoms with van der Waals surface area (Å²) in [5.41, 5.74) is 8.40. The van der Waals surface area contributed by atoms with Crippen molar-refractivity contribution in [3.05, 3.63) is 70.9 Å². The first-order valence-electron chi connectivity index (χ1n) is 8.63. The number of nitrogen functional groups attached to an aromatic ring is 1. The number of rotatable bonds is 8. The fraction of sp³-hybridized carbons (Fsp3) is 0.143. The number of amidine groups is 1. The van der Waals surface area contributed by atoms with Crippen LogP contribution in [-0.2, 0) is 4.79 Å². The minimum Gasteiger partial charge on any atom is -0.494 e. The second-order valence-electron chi connectivity index (χ2n) is 6.00. The van der Waals surface area contributed by atoms with Crippen LogP contribution in [0.3, 0.4) is 0 Å². The number of carbonyl (C=O) groups excluding carboxylic acids is 1. The highest BCUT2D eigenvalue weighted by Crippen LogP contribution is 2.27. The van der Waals surface area contributed by atoms with Gasteiger partial charge in [-0.25, -0.2) is 0 Å². The maximum absolute atomic E-state index is 11.9. The number of hydrogen-bond acceptors (Lipinski definition) is 4. The van der Waals surface area contributed by atoms with Gasteiger partial charge in [0.25, 0.3) is 0 Å². The van der Waals surface area contributed by atoms with Crippen LogP contribution in [0, 0.1) is 5.41 Å². The van der Waals surface area contributed by atoms with Gasteiger partial charge in [-0.1, -0.05) is 30.3 Å². The van der Waals surface area contributed by atoms with E-state index in [1.54, 1.807) is 0 Å². The average molecular weight is 379 g/mol. The van der Waals surface area contributed by atoms with E-state index >= 15 is 0 Å². The number of carbonyl (C=O) groups is 1. The number of para-hydroxylation sites is 1. The molecule has 0 aliphatic carbocycles. The Labute approximate surface area is 162 Å². The highest BCUT2D eigenvalue weighted by molar-refractivity contribution is 7.12. The summed E-state index contributed by atoms with van der Waals surface area (Å²) in [6.07, 6.45) is 1.06. The molecular weight excluding hydrogens is 358 g/mol. The molecule has 0 bridgehead atoms. The Morgan fingerprint density at radius 1 is 1.07 bits per heavy atom. The number of ether oxygens (including phenoxy) is 1. The molecule has 0 fully saturated rings. The van der Waals surface area contributed by atoms with E-state index in [2.05, 4.69) is 5.32 Å². The van der Waals surface area contributed by atoms with Crippen LogP contribution in [0.5, 0.6) is 5.75 Å². The summed E-state index contributed by atoms with van der Waals surface area (Å²) in [6, 6.07) is 19.1. The Hall–Kier alpha value is -3.12. The molecule has 0 saturated heterocycles. The molecule has 0 saturated carbocycles. The van der Waals surface area contributed by atoms with Gasteiger partial charge in [-0.15, -0.1) is 11.3 Å². The predicted molar refractivity (Wildman–Crippen MR) is 111 cm³/mol. The molecule has 0 atom stereocenters. The van der Waals surface area contributed by atoms with Gasteiger partial charge >= 0.3 is 0 Å². The number of hydrogen-bond donors (Lipinski definition) is 3. The Bertz CT molecular complexity index is 905. The lowest BCUT2D eigenvalue weighted by molar-refractivity contribution is -0.116. The van der Waals surface area contributed by atoms with E-state index in [0.717, 1.165) is 27.4 Å². The highest BCUT2D eigenvalue weighted by atomic mass is 32.1. The van der Waals surface area contributed by atoms with Crippen molar-refractivity contribution in [1.82, 2.24) is 0 Å². The lowest BCUT2D eigenvalue weighted by Gasteiger charge is -2.08. The van der Waals surface area contributed by atoms with Crippen molar-refractivity contribution in [2.45, 2.75) is 12.8 Å².